The number of hydrogen-bond acceptors (Lipinski definition) is 5. The monoisotopic (exact) mass is 258 g/mol. The Kier molecular flexibility index (Phi) is 3.29. The van der Waals surface area contributed by atoms with Gasteiger partial charge in [0.2, 0.25) is 0 Å². The fourth-order valence-corrected chi connectivity index (χ4v) is 2.56. The topological polar surface area (TPSA) is 59.9 Å². The molecular weight excluding hydrogens is 240 g/mol. The van der Waals surface area contributed by atoms with Crippen LogP contribution in [0.4, 0.5) is 5.82 Å². The molecule has 0 radical (unpaired) electrons. The first-order valence-electron chi connectivity index (χ1n) is 6.68. The third-order valence-corrected chi connectivity index (χ3v) is 3.45. The lowest BCUT2D eigenvalue weighted by Crippen LogP contribution is -2.19. The Hall–Kier alpha value is -1.75. The summed E-state index contributed by atoms with van der Waals surface area (Å²) in [4.78, 5) is 13.0. The van der Waals surface area contributed by atoms with Gasteiger partial charge in [0, 0.05) is 18.8 Å². The molecule has 5 heteroatoms. The zero-order valence-corrected chi connectivity index (χ0v) is 11.3. The minimum absolute atomic E-state index is 0.295. The van der Waals surface area contributed by atoms with Crippen LogP contribution in [0.5, 0.6) is 0 Å². The van der Waals surface area contributed by atoms with Crippen LogP contribution in [-0.4, -0.2) is 34.2 Å². The Morgan fingerprint density at radius 2 is 2.26 bits per heavy atom. The predicted octanol–water partition coefficient (Wildman–Crippen LogP) is 2.23. The van der Waals surface area contributed by atoms with Crippen molar-refractivity contribution >= 4 is 16.9 Å². The Morgan fingerprint density at radius 1 is 1.37 bits per heavy atom. The lowest BCUT2D eigenvalue weighted by molar-refractivity contribution is 0.120. The number of fused-ring (bicyclic) bond motifs is 1. The highest BCUT2D eigenvalue weighted by molar-refractivity contribution is 5.89. The van der Waals surface area contributed by atoms with Crippen molar-refractivity contribution in [1.29, 1.82) is 0 Å². The highest BCUT2D eigenvalue weighted by Crippen LogP contribution is 2.23. The Labute approximate surface area is 112 Å². The van der Waals surface area contributed by atoms with Gasteiger partial charge in [-0.15, -0.1) is 0 Å². The Bertz CT molecular complexity index is 593. The smallest absolute Gasteiger partial charge is 0.165 e. The molecule has 19 heavy (non-hydrogen) atoms. The summed E-state index contributed by atoms with van der Waals surface area (Å²) >= 11 is 0. The summed E-state index contributed by atoms with van der Waals surface area (Å²) < 4.78 is 5.61. The number of aromatic nitrogens is 3. The number of hydrogen-bond donors (Lipinski definition) is 1. The van der Waals surface area contributed by atoms with Gasteiger partial charge in [0.05, 0.1) is 11.5 Å². The fourth-order valence-electron chi connectivity index (χ4n) is 2.56. The summed E-state index contributed by atoms with van der Waals surface area (Å²) in [5.74, 6) is 0.852. The summed E-state index contributed by atoms with van der Waals surface area (Å²) in [7, 11) is 0. The Morgan fingerprint density at radius 3 is 3.05 bits per heavy atom. The molecule has 1 aliphatic heterocycles. The zero-order chi connectivity index (χ0) is 13.2. The van der Waals surface area contributed by atoms with Crippen LogP contribution in [0.25, 0.3) is 11.0 Å². The van der Waals surface area contributed by atoms with Crippen molar-refractivity contribution in [3.63, 3.8) is 0 Å². The fraction of sp³-hybridized carbons (Fsp3) is 0.500. The molecule has 1 fully saturated rings. The molecule has 0 aliphatic carbocycles. The number of anilines is 1. The van der Waals surface area contributed by atoms with Crippen molar-refractivity contribution in [2.24, 2.45) is 0 Å². The quantitative estimate of drug-likeness (QED) is 0.914. The van der Waals surface area contributed by atoms with Gasteiger partial charge in [0.1, 0.15) is 12.1 Å². The average molecular weight is 258 g/mol. The van der Waals surface area contributed by atoms with E-state index in [2.05, 4.69) is 33.3 Å². The normalized spacial score (nSPS) is 18.9. The third-order valence-electron chi connectivity index (χ3n) is 3.45. The minimum Gasteiger partial charge on any atom is -0.376 e. The Balaban J connectivity index is 1.90. The lowest BCUT2D eigenvalue weighted by atomic mass is 10.1. The van der Waals surface area contributed by atoms with Crippen LogP contribution in [0.2, 0.25) is 0 Å². The van der Waals surface area contributed by atoms with Crippen molar-refractivity contribution in [2.75, 3.05) is 18.5 Å². The van der Waals surface area contributed by atoms with E-state index in [1.807, 2.05) is 6.92 Å². The maximum atomic E-state index is 5.61. The molecule has 1 aliphatic rings. The van der Waals surface area contributed by atoms with Crippen LogP contribution < -0.4 is 5.32 Å². The van der Waals surface area contributed by atoms with Crippen LogP contribution in [0.1, 0.15) is 24.1 Å². The van der Waals surface area contributed by atoms with E-state index in [4.69, 9.17) is 4.74 Å². The highest BCUT2D eigenvalue weighted by atomic mass is 16.5. The number of ether oxygens (including phenoxy) is 1. The standard InChI is InChI=1S/C14H18N4O/c1-9-6-10(2)18-14-12(9)13(16-8-17-14)15-7-11-4-3-5-19-11/h6,8,11H,3-5,7H2,1-2H3,(H,15,16,17,18). The molecular formula is C14H18N4O. The molecule has 5 nitrogen and oxygen atoms in total. The summed E-state index contributed by atoms with van der Waals surface area (Å²) in [5, 5.41) is 4.38. The molecule has 0 saturated carbocycles. The van der Waals surface area contributed by atoms with Gasteiger partial charge in [-0.05, 0) is 38.3 Å². The van der Waals surface area contributed by atoms with E-state index in [1.165, 1.54) is 0 Å². The largest absolute Gasteiger partial charge is 0.376 e. The van der Waals surface area contributed by atoms with Gasteiger partial charge in [0.15, 0.2) is 5.65 Å². The second kappa shape index (κ2) is 5.09. The zero-order valence-electron chi connectivity index (χ0n) is 11.3. The van der Waals surface area contributed by atoms with Crippen LogP contribution in [0.3, 0.4) is 0 Å². The maximum Gasteiger partial charge on any atom is 0.165 e. The molecule has 0 bridgehead atoms. The number of nitrogens with zero attached hydrogens (tertiary/aromatic N) is 3. The van der Waals surface area contributed by atoms with E-state index < -0.39 is 0 Å². The SMILES string of the molecule is Cc1cc(C)c2c(NCC3CCCO3)ncnc2n1. The third kappa shape index (κ3) is 2.51. The number of pyridine rings is 1. The first kappa shape index (κ1) is 12.3. The van der Waals surface area contributed by atoms with Gasteiger partial charge in [-0.1, -0.05) is 0 Å². The lowest BCUT2D eigenvalue weighted by Gasteiger charge is -2.13. The molecule has 2 aromatic rings. The van der Waals surface area contributed by atoms with Crippen LogP contribution in [-0.2, 0) is 4.74 Å². The van der Waals surface area contributed by atoms with E-state index in [1.54, 1.807) is 6.33 Å². The average Bonchev–Trinajstić information content (AvgIpc) is 2.88. The van der Waals surface area contributed by atoms with Crippen LogP contribution in [0.15, 0.2) is 12.4 Å². The molecule has 1 unspecified atom stereocenters. The summed E-state index contributed by atoms with van der Waals surface area (Å²) in [5.41, 5.74) is 2.88. The van der Waals surface area contributed by atoms with E-state index in [9.17, 15) is 0 Å². The first-order valence-corrected chi connectivity index (χ1v) is 6.68. The van der Waals surface area contributed by atoms with Crippen molar-refractivity contribution in [3.05, 3.63) is 23.7 Å². The molecule has 3 heterocycles. The molecule has 2 aromatic heterocycles. The van der Waals surface area contributed by atoms with Crippen molar-refractivity contribution in [1.82, 2.24) is 15.0 Å². The van der Waals surface area contributed by atoms with E-state index >= 15 is 0 Å². The van der Waals surface area contributed by atoms with Gasteiger partial charge in [-0.3, -0.25) is 0 Å². The second-order valence-corrected chi connectivity index (χ2v) is 5.02. The molecule has 0 spiro atoms. The summed E-state index contributed by atoms with van der Waals surface area (Å²) in [6, 6.07) is 2.06. The molecule has 0 aromatic carbocycles. The van der Waals surface area contributed by atoms with E-state index in [0.29, 0.717) is 6.10 Å². The molecule has 1 atom stereocenters. The van der Waals surface area contributed by atoms with Crippen LogP contribution >= 0.6 is 0 Å². The second-order valence-electron chi connectivity index (χ2n) is 5.02. The van der Waals surface area contributed by atoms with E-state index in [-0.39, 0.29) is 0 Å². The molecule has 100 valence electrons. The molecule has 3 rings (SSSR count). The number of nitrogens with one attached hydrogen (secondary N) is 1. The highest BCUT2D eigenvalue weighted by Gasteiger charge is 2.16. The van der Waals surface area contributed by atoms with Gasteiger partial charge in [0.25, 0.3) is 0 Å². The first-order chi connectivity index (χ1) is 9.24. The minimum atomic E-state index is 0.295. The number of rotatable bonds is 3. The van der Waals surface area contributed by atoms with Crippen LogP contribution in [0, 0.1) is 13.8 Å². The van der Waals surface area contributed by atoms with Gasteiger partial charge in [-0.2, -0.15) is 0 Å². The van der Waals surface area contributed by atoms with Crippen molar-refractivity contribution < 1.29 is 4.74 Å². The van der Waals surface area contributed by atoms with Crippen molar-refractivity contribution in [3.8, 4) is 0 Å². The molecule has 0 amide bonds. The van der Waals surface area contributed by atoms with Crippen molar-refractivity contribution in [2.45, 2.75) is 32.8 Å². The summed E-state index contributed by atoms with van der Waals surface area (Å²) in [6.07, 6.45) is 4.12. The maximum absolute atomic E-state index is 5.61. The summed E-state index contributed by atoms with van der Waals surface area (Å²) in [6.45, 7) is 5.71. The predicted molar refractivity (Wildman–Crippen MR) is 74.3 cm³/mol. The van der Waals surface area contributed by atoms with Gasteiger partial charge < -0.3 is 10.1 Å². The molecule has 1 saturated heterocycles. The number of aryl methyl sites for hydroxylation is 2. The van der Waals surface area contributed by atoms with Gasteiger partial charge in [-0.25, -0.2) is 15.0 Å². The van der Waals surface area contributed by atoms with Gasteiger partial charge >= 0.3 is 0 Å². The molecule has 1 N–H and O–H groups in total. The van der Waals surface area contributed by atoms with E-state index in [0.717, 1.165) is 54.1 Å².